The maximum absolute atomic E-state index is 14.1. The molecule has 0 unspecified atom stereocenters. The summed E-state index contributed by atoms with van der Waals surface area (Å²) in [5.74, 6) is -0.212. The Balaban J connectivity index is 1.80. The minimum atomic E-state index is -0.212. The van der Waals surface area contributed by atoms with Crippen LogP contribution in [0.5, 0.6) is 0 Å². The van der Waals surface area contributed by atoms with Crippen LogP contribution < -0.4 is 5.32 Å². The van der Waals surface area contributed by atoms with Crippen LogP contribution in [0.1, 0.15) is 12.5 Å². The number of fused-ring (bicyclic) bond motifs is 1. The number of para-hydroxylation sites is 2. The van der Waals surface area contributed by atoms with Crippen molar-refractivity contribution >= 4 is 22.8 Å². The summed E-state index contributed by atoms with van der Waals surface area (Å²) >= 11 is 1.31. The molecule has 2 N–H and O–H groups in total. The van der Waals surface area contributed by atoms with Crippen molar-refractivity contribution in [1.29, 1.82) is 0 Å². The smallest absolute Gasteiger partial charge is 0.171 e. The van der Waals surface area contributed by atoms with E-state index >= 15 is 0 Å². The Kier molecular flexibility index (Phi) is 4.22. The van der Waals surface area contributed by atoms with Gasteiger partial charge in [0.15, 0.2) is 5.16 Å². The standard InChI is InChI=1S/C16H16FN3S/c1-2-18-10-11-7-8-15(12(17)9-11)21-16-19-13-5-3-4-6-14(13)20-16/h3-9,18H,2,10H2,1H3,(H,19,20). The average Bonchev–Trinajstić information content (AvgIpc) is 2.90. The average molecular weight is 301 g/mol. The minimum absolute atomic E-state index is 0.212. The highest BCUT2D eigenvalue weighted by molar-refractivity contribution is 7.99. The molecule has 0 aliphatic heterocycles. The molecule has 0 spiro atoms. The number of benzene rings is 2. The molecule has 0 saturated carbocycles. The number of nitrogens with zero attached hydrogens (tertiary/aromatic N) is 1. The van der Waals surface area contributed by atoms with E-state index in [2.05, 4.69) is 15.3 Å². The van der Waals surface area contributed by atoms with Crippen molar-refractivity contribution in [3.8, 4) is 0 Å². The second kappa shape index (κ2) is 6.28. The van der Waals surface area contributed by atoms with Gasteiger partial charge in [0.2, 0.25) is 0 Å². The molecule has 0 amide bonds. The van der Waals surface area contributed by atoms with Gasteiger partial charge in [-0.05, 0) is 48.1 Å². The number of hydrogen-bond acceptors (Lipinski definition) is 3. The van der Waals surface area contributed by atoms with E-state index in [-0.39, 0.29) is 5.82 Å². The maximum atomic E-state index is 14.1. The largest absolute Gasteiger partial charge is 0.333 e. The number of imidazole rings is 1. The van der Waals surface area contributed by atoms with Gasteiger partial charge in [0.1, 0.15) is 5.82 Å². The lowest BCUT2D eigenvalue weighted by atomic mass is 10.2. The van der Waals surface area contributed by atoms with E-state index in [1.54, 1.807) is 12.1 Å². The van der Waals surface area contributed by atoms with Crippen molar-refractivity contribution in [2.75, 3.05) is 6.54 Å². The molecular formula is C16H16FN3S. The van der Waals surface area contributed by atoms with E-state index in [0.29, 0.717) is 16.6 Å². The van der Waals surface area contributed by atoms with Gasteiger partial charge in [-0.25, -0.2) is 9.37 Å². The molecule has 3 rings (SSSR count). The lowest BCUT2D eigenvalue weighted by Gasteiger charge is -2.05. The van der Waals surface area contributed by atoms with E-state index in [4.69, 9.17) is 0 Å². The van der Waals surface area contributed by atoms with E-state index in [1.165, 1.54) is 11.8 Å². The van der Waals surface area contributed by atoms with Crippen LogP contribution in [0.25, 0.3) is 11.0 Å². The predicted octanol–water partition coefficient (Wildman–Crippen LogP) is 3.96. The quantitative estimate of drug-likeness (QED) is 0.749. The van der Waals surface area contributed by atoms with Gasteiger partial charge in [0.25, 0.3) is 0 Å². The SMILES string of the molecule is CCNCc1ccc(Sc2nc3ccccc3[nH]2)c(F)c1. The van der Waals surface area contributed by atoms with E-state index in [1.807, 2.05) is 37.3 Å². The van der Waals surface area contributed by atoms with Gasteiger partial charge < -0.3 is 10.3 Å². The Bertz CT molecular complexity index is 721. The van der Waals surface area contributed by atoms with Gasteiger partial charge in [0.05, 0.1) is 15.9 Å². The second-order valence-electron chi connectivity index (χ2n) is 4.71. The molecule has 2 aromatic carbocycles. The molecule has 21 heavy (non-hydrogen) atoms. The van der Waals surface area contributed by atoms with Crippen molar-refractivity contribution in [3.05, 3.63) is 53.8 Å². The van der Waals surface area contributed by atoms with Gasteiger partial charge in [-0.3, -0.25) is 0 Å². The molecule has 0 atom stereocenters. The molecule has 0 saturated heterocycles. The van der Waals surface area contributed by atoms with Gasteiger partial charge in [-0.1, -0.05) is 25.1 Å². The van der Waals surface area contributed by atoms with E-state index in [0.717, 1.165) is 23.1 Å². The third-order valence-electron chi connectivity index (χ3n) is 3.15. The number of rotatable bonds is 5. The number of nitrogens with one attached hydrogen (secondary N) is 2. The molecule has 1 aromatic heterocycles. The van der Waals surface area contributed by atoms with Crippen LogP contribution in [0.15, 0.2) is 52.5 Å². The van der Waals surface area contributed by atoms with Crippen LogP contribution in [0.4, 0.5) is 4.39 Å². The molecule has 1 heterocycles. The molecule has 3 aromatic rings. The fourth-order valence-electron chi connectivity index (χ4n) is 2.09. The molecule has 0 fully saturated rings. The second-order valence-corrected chi connectivity index (χ2v) is 5.74. The van der Waals surface area contributed by atoms with Crippen molar-refractivity contribution in [3.63, 3.8) is 0 Å². The molecule has 0 aliphatic rings. The molecule has 108 valence electrons. The summed E-state index contributed by atoms with van der Waals surface area (Å²) in [6.07, 6.45) is 0. The van der Waals surface area contributed by atoms with Crippen LogP contribution in [-0.4, -0.2) is 16.5 Å². The highest BCUT2D eigenvalue weighted by Crippen LogP contribution is 2.29. The van der Waals surface area contributed by atoms with Crippen LogP contribution in [-0.2, 0) is 6.54 Å². The predicted molar refractivity (Wildman–Crippen MR) is 84.0 cm³/mol. The summed E-state index contributed by atoms with van der Waals surface area (Å²) in [6.45, 7) is 3.59. The van der Waals surface area contributed by atoms with Gasteiger partial charge in [-0.2, -0.15) is 0 Å². The van der Waals surface area contributed by atoms with Crippen LogP contribution in [0, 0.1) is 5.82 Å². The first-order valence-electron chi connectivity index (χ1n) is 6.88. The minimum Gasteiger partial charge on any atom is -0.333 e. The van der Waals surface area contributed by atoms with Gasteiger partial charge >= 0.3 is 0 Å². The fourth-order valence-corrected chi connectivity index (χ4v) is 2.89. The zero-order chi connectivity index (χ0) is 14.7. The topological polar surface area (TPSA) is 40.7 Å². The zero-order valence-electron chi connectivity index (χ0n) is 11.7. The summed E-state index contributed by atoms with van der Waals surface area (Å²) < 4.78 is 14.1. The monoisotopic (exact) mass is 301 g/mol. The summed E-state index contributed by atoms with van der Waals surface area (Å²) in [6, 6.07) is 13.1. The Hall–Kier alpha value is -1.85. The summed E-state index contributed by atoms with van der Waals surface area (Å²) in [4.78, 5) is 8.22. The van der Waals surface area contributed by atoms with Crippen molar-refractivity contribution in [1.82, 2.24) is 15.3 Å². The first-order valence-corrected chi connectivity index (χ1v) is 7.69. The van der Waals surface area contributed by atoms with Gasteiger partial charge in [-0.15, -0.1) is 0 Å². The van der Waals surface area contributed by atoms with Gasteiger partial charge in [0, 0.05) is 6.54 Å². The van der Waals surface area contributed by atoms with E-state index < -0.39 is 0 Å². The normalized spacial score (nSPS) is 11.1. The Morgan fingerprint density at radius 3 is 2.86 bits per heavy atom. The number of H-pyrrole nitrogens is 1. The molecule has 3 nitrogen and oxygen atoms in total. The highest BCUT2D eigenvalue weighted by Gasteiger charge is 2.09. The molecule has 0 radical (unpaired) electrons. The first kappa shape index (κ1) is 14.1. The number of halogens is 1. The Labute approximate surface area is 127 Å². The van der Waals surface area contributed by atoms with Crippen LogP contribution in [0.2, 0.25) is 0 Å². The van der Waals surface area contributed by atoms with Crippen molar-refractivity contribution in [2.24, 2.45) is 0 Å². The maximum Gasteiger partial charge on any atom is 0.171 e. The molecule has 0 bridgehead atoms. The summed E-state index contributed by atoms with van der Waals surface area (Å²) in [5.41, 5.74) is 2.80. The number of aromatic amines is 1. The Morgan fingerprint density at radius 1 is 1.24 bits per heavy atom. The van der Waals surface area contributed by atoms with Crippen LogP contribution >= 0.6 is 11.8 Å². The lowest BCUT2D eigenvalue weighted by Crippen LogP contribution is -2.11. The third-order valence-corrected chi connectivity index (χ3v) is 4.09. The lowest BCUT2D eigenvalue weighted by molar-refractivity contribution is 0.596. The first-order chi connectivity index (χ1) is 10.3. The Morgan fingerprint density at radius 2 is 2.10 bits per heavy atom. The zero-order valence-corrected chi connectivity index (χ0v) is 12.5. The summed E-state index contributed by atoms with van der Waals surface area (Å²) in [5, 5.41) is 3.89. The molecule has 0 aliphatic carbocycles. The third kappa shape index (κ3) is 3.25. The van der Waals surface area contributed by atoms with Crippen LogP contribution in [0.3, 0.4) is 0 Å². The molecular weight excluding hydrogens is 285 g/mol. The van der Waals surface area contributed by atoms with Crippen molar-refractivity contribution < 1.29 is 4.39 Å². The molecule has 5 heteroatoms. The number of aromatic nitrogens is 2. The highest BCUT2D eigenvalue weighted by atomic mass is 32.2. The van der Waals surface area contributed by atoms with Crippen molar-refractivity contribution in [2.45, 2.75) is 23.5 Å². The summed E-state index contributed by atoms with van der Waals surface area (Å²) in [7, 11) is 0. The van der Waals surface area contributed by atoms with E-state index in [9.17, 15) is 4.39 Å². The fraction of sp³-hybridized carbons (Fsp3) is 0.188. The number of hydrogen-bond donors (Lipinski definition) is 2.